The molecule has 1 aliphatic heterocycles. The summed E-state index contributed by atoms with van der Waals surface area (Å²) in [4.78, 5) is 35.9. The molecule has 7 rings (SSSR count). The number of nitrogens with one attached hydrogen (secondary N) is 1. The molecule has 1 saturated heterocycles. The van der Waals surface area contributed by atoms with Gasteiger partial charge in [0.15, 0.2) is 23.1 Å². The molecule has 0 atom stereocenters. The van der Waals surface area contributed by atoms with Gasteiger partial charge >= 0.3 is 5.69 Å². The van der Waals surface area contributed by atoms with Gasteiger partial charge in [0.1, 0.15) is 5.75 Å². The van der Waals surface area contributed by atoms with E-state index in [4.69, 9.17) is 25.8 Å². The van der Waals surface area contributed by atoms with Crippen molar-refractivity contribution in [3.8, 4) is 28.7 Å². The number of hydrogen-bond donors (Lipinski definition) is 1. The molecule has 0 spiro atoms. The van der Waals surface area contributed by atoms with Gasteiger partial charge in [0.05, 0.1) is 29.9 Å². The smallest absolute Gasteiger partial charge is 0.351 e. The van der Waals surface area contributed by atoms with Gasteiger partial charge < -0.3 is 29.3 Å². The maximum atomic E-state index is 15.4. The molecule has 3 aromatic carbocycles. The summed E-state index contributed by atoms with van der Waals surface area (Å²) in [5.74, 6) is -0.0682. The SMILES string of the molecule is COc1cc2c(Oc3ccc(NC(=O)c4nn(-c5ccccc5Cl)c(=O)n4C4CC4)cc3F)ccnc2cc1OCCCN1CCN(C)CC1. The Balaban J connectivity index is 1.05. The number of para-hydroxylation sites is 1. The van der Waals surface area contributed by atoms with Crippen molar-refractivity contribution in [3.05, 3.63) is 94.0 Å². The predicted molar refractivity (Wildman–Crippen MR) is 188 cm³/mol. The molecule has 5 aromatic rings. The van der Waals surface area contributed by atoms with E-state index in [1.807, 2.05) is 0 Å². The summed E-state index contributed by atoms with van der Waals surface area (Å²) in [7, 11) is 3.70. The number of methoxy groups -OCH3 is 1. The molecule has 0 bridgehead atoms. The van der Waals surface area contributed by atoms with E-state index >= 15 is 4.39 Å². The number of piperazine rings is 1. The van der Waals surface area contributed by atoms with E-state index < -0.39 is 17.4 Å². The molecule has 0 unspecified atom stereocenters. The van der Waals surface area contributed by atoms with Crippen molar-refractivity contribution in [2.45, 2.75) is 25.3 Å². The van der Waals surface area contributed by atoms with Crippen LogP contribution >= 0.6 is 11.6 Å². The van der Waals surface area contributed by atoms with Crippen LogP contribution in [0.2, 0.25) is 5.02 Å². The van der Waals surface area contributed by atoms with Crippen LogP contribution < -0.4 is 25.2 Å². The zero-order valence-corrected chi connectivity index (χ0v) is 28.5. The third-order valence-electron chi connectivity index (χ3n) is 8.87. The molecule has 2 aromatic heterocycles. The van der Waals surface area contributed by atoms with Crippen molar-refractivity contribution in [2.75, 3.05) is 58.8 Å². The van der Waals surface area contributed by atoms with E-state index in [1.54, 1.807) is 55.8 Å². The molecule has 2 fully saturated rings. The maximum absolute atomic E-state index is 15.4. The van der Waals surface area contributed by atoms with E-state index in [2.05, 4.69) is 32.2 Å². The van der Waals surface area contributed by atoms with Gasteiger partial charge in [0, 0.05) is 68.2 Å². The molecule has 260 valence electrons. The Bertz CT molecular complexity index is 2090. The highest BCUT2D eigenvalue weighted by Gasteiger charge is 2.33. The van der Waals surface area contributed by atoms with Gasteiger partial charge in [-0.2, -0.15) is 4.68 Å². The first-order valence-electron chi connectivity index (χ1n) is 16.5. The molecule has 50 heavy (non-hydrogen) atoms. The number of benzene rings is 3. The van der Waals surface area contributed by atoms with Crippen LogP contribution in [-0.2, 0) is 0 Å². The van der Waals surface area contributed by atoms with Crippen molar-refractivity contribution in [2.24, 2.45) is 0 Å². The molecule has 1 N–H and O–H groups in total. The van der Waals surface area contributed by atoms with Crippen molar-refractivity contribution in [1.82, 2.24) is 29.1 Å². The summed E-state index contributed by atoms with van der Waals surface area (Å²) in [6, 6.07) is 15.9. The van der Waals surface area contributed by atoms with Crippen LogP contribution in [0, 0.1) is 5.82 Å². The summed E-state index contributed by atoms with van der Waals surface area (Å²) < 4.78 is 35.7. The van der Waals surface area contributed by atoms with Gasteiger partial charge in [-0.25, -0.2) is 9.18 Å². The van der Waals surface area contributed by atoms with Crippen molar-refractivity contribution < 1.29 is 23.4 Å². The minimum atomic E-state index is -0.707. The number of pyridine rings is 1. The van der Waals surface area contributed by atoms with Crippen LogP contribution in [0.5, 0.6) is 23.0 Å². The number of halogens is 2. The summed E-state index contributed by atoms with van der Waals surface area (Å²) in [5.41, 5.74) is 0.654. The summed E-state index contributed by atoms with van der Waals surface area (Å²) >= 11 is 6.31. The Morgan fingerprint density at radius 3 is 2.54 bits per heavy atom. The maximum Gasteiger partial charge on any atom is 0.351 e. The molecule has 12 nitrogen and oxygen atoms in total. The fourth-order valence-corrected chi connectivity index (χ4v) is 6.19. The quantitative estimate of drug-likeness (QED) is 0.162. The molecule has 1 aliphatic carbocycles. The fourth-order valence-electron chi connectivity index (χ4n) is 5.97. The Morgan fingerprint density at radius 1 is 1.00 bits per heavy atom. The molecule has 2 aliphatic rings. The molecule has 0 radical (unpaired) electrons. The topological polar surface area (TPSA) is 116 Å². The summed E-state index contributed by atoms with van der Waals surface area (Å²) in [5, 5.41) is 7.90. The van der Waals surface area contributed by atoms with Crippen LogP contribution in [0.25, 0.3) is 16.6 Å². The minimum Gasteiger partial charge on any atom is -0.493 e. The van der Waals surface area contributed by atoms with Crippen molar-refractivity contribution in [1.29, 1.82) is 0 Å². The normalized spacial score (nSPS) is 15.3. The number of rotatable bonds is 12. The third-order valence-corrected chi connectivity index (χ3v) is 9.19. The van der Waals surface area contributed by atoms with Gasteiger partial charge in [-0.1, -0.05) is 23.7 Å². The second-order valence-electron chi connectivity index (χ2n) is 12.4. The second-order valence-corrected chi connectivity index (χ2v) is 12.9. The number of carbonyl (C=O) groups excluding carboxylic acids is 1. The lowest BCUT2D eigenvalue weighted by Gasteiger charge is -2.32. The summed E-state index contributed by atoms with van der Waals surface area (Å²) in [6.45, 7) is 5.75. The molecular formula is C36H37ClFN7O5. The largest absolute Gasteiger partial charge is 0.493 e. The van der Waals surface area contributed by atoms with E-state index in [0.717, 1.165) is 62.7 Å². The molecule has 1 saturated carbocycles. The van der Waals surface area contributed by atoms with Crippen LogP contribution in [0.15, 0.2) is 71.7 Å². The average molecular weight is 702 g/mol. The lowest BCUT2D eigenvalue weighted by atomic mass is 10.1. The highest BCUT2D eigenvalue weighted by molar-refractivity contribution is 6.32. The second kappa shape index (κ2) is 14.5. The van der Waals surface area contributed by atoms with Crippen molar-refractivity contribution in [3.63, 3.8) is 0 Å². The molecule has 1 amide bonds. The van der Waals surface area contributed by atoms with Crippen LogP contribution in [0.1, 0.15) is 35.9 Å². The van der Waals surface area contributed by atoms with E-state index in [1.165, 1.54) is 16.7 Å². The monoisotopic (exact) mass is 701 g/mol. The Labute approximate surface area is 292 Å². The van der Waals surface area contributed by atoms with E-state index in [0.29, 0.717) is 45.5 Å². The Kier molecular flexibility index (Phi) is 9.70. The minimum absolute atomic E-state index is 0.0587. The third kappa shape index (κ3) is 7.16. The first-order chi connectivity index (χ1) is 24.3. The van der Waals surface area contributed by atoms with Crippen LogP contribution in [-0.4, -0.2) is 88.5 Å². The highest BCUT2D eigenvalue weighted by atomic mass is 35.5. The number of fused-ring (bicyclic) bond motifs is 1. The first-order valence-corrected chi connectivity index (χ1v) is 16.9. The number of aromatic nitrogens is 4. The number of ether oxygens (including phenoxy) is 3. The lowest BCUT2D eigenvalue weighted by molar-refractivity contribution is 0.101. The van der Waals surface area contributed by atoms with Gasteiger partial charge in [-0.15, -0.1) is 5.10 Å². The highest BCUT2D eigenvalue weighted by Crippen LogP contribution is 2.38. The van der Waals surface area contributed by atoms with Gasteiger partial charge in [-0.3, -0.25) is 14.3 Å². The lowest BCUT2D eigenvalue weighted by Crippen LogP contribution is -2.44. The molecule has 3 heterocycles. The first kappa shape index (κ1) is 33.5. The van der Waals surface area contributed by atoms with E-state index in [9.17, 15) is 9.59 Å². The number of likely N-dealkylation sites (N-methyl/N-ethyl adjacent to an activating group) is 1. The predicted octanol–water partition coefficient (Wildman–Crippen LogP) is 5.78. The number of anilines is 1. The van der Waals surface area contributed by atoms with Crippen LogP contribution in [0.4, 0.5) is 10.1 Å². The number of hydrogen-bond acceptors (Lipinski definition) is 9. The van der Waals surface area contributed by atoms with Crippen molar-refractivity contribution >= 4 is 34.1 Å². The van der Waals surface area contributed by atoms with E-state index in [-0.39, 0.29) is 23.3 Å². The molecule has 14 heteroatoms. The fraction of sp³-hybridized carbons (Fsp3) is 0.333. The Morgan fingerprint density at radius 2 is 1.80 bits per heavy atom. The number of carbonyl (C=O) groups is 1. The summed E-state index contributed by atoms with van der Waals surface area (Å²) in [6.07, 6.45) is 3.95. The molecular weight excluding hydrogens is 665 g/mol. The Hall–Kier alpha value is -4.98. The standard InChI is InChI=1S/C36H37ClFN7O5/c1-42-15-17-43(18-16-42)14-5-19-49-33-22-28-25(21-32(33)48-2)30(12-13-39-28)50-31-11-8-23(20-27(31)38)40-35(46)34-41-45(29-7-4-3-6-26(29)37)36(47)44(34)24-9-10-24/h3-4,6-8,11-13,20-22,24H,5,9-10,14-19H2,1-2H3,(H,40,46). The zero-order chi connectivity index (χ0) is 34.8. The van der Waals surface area contributed by atoms with Gasteiger partial charge in [-0.05, 0) is 62.7 Å². The number of amides is 1. The number of nitrogens with zero attached hydrogens (tertiary/aromatic N) is 6. The average Bonchev–Trinajstić information content (AvgIpc) is 3.90. The van der Waals surface area contributed by atoms with Gasteiger partial charge in [0.2, 0.25) is 5.82 Å². The van der Waals surface area contributed by atoms with Gasteiger partial charge in [0.25, 0.3) is 5.91 Å². The van der Waals surface area contributed by atoms with Crippen LogP contribution in [0.3, 0.4) is 0 Å². The zero-order valence-electron chi connectivity index (χ0n) is 27.8.